The van der Waals surface area contributed by atoms with Crippen LogP contribution >= 0.6 is 0 Å². The van der Waals surface area contributed by atoms with Crippen LogP contribution in [-0.4, -0.2) is 19.6 Å². The quantitative estimate of drug-likeness (QED) is 0.704. The highest BCUT2D eigenvalue weighted by Crippen LogP contribution is 2.28. The molecular weight excluding hydrogens is 214 g/mol. The lowest BCUT2D eigenvalue weighted by molar-refractivity contribution is 0.272. The summed E-state index contributed by atoms with van der Waals surface area (Å²) in [5.74, 6) is 0.591. The molecule has 0 aliphatic heterocycles. The summed E-state index contributed by atoms with van der Waals surface area (Å²) in [5.41, 5.74) is 3.23. The Kier molecular flexibility index (Phi) is 2.23. The number of fused-ring (bicyclic) bond motifs is 1. The summed E-state index contributed by atoms with van der Waals surface area (Å²) in [7, 11) is 2.02. The lowest BCUT2D eigenvalue weighted by Crippen LogP contribution is -1.84. The molecule has 1 aromatic carbocycles. The SMILES string of the molecule is Cn1cc(-c2cnc(CO)[nH]2)c2ccccc21. The minimum atomic E-state index is -0.0647. The third-order valence-electron chi connectivity index (χ3n) is 2.97. The summed E-state index contributed by atoms with van der Waals surface area (Å²) < 4.78 is 2.09. The number of aromatic nitrogens is 3. The van der Waals surface area contributed by atoms with Crippen LogP contribution < -0.4 is 0 Å². The number of H-pyrrole nitrogens is 1. The van der Waals surface area contributed by atoms with Crippen LogP contribution in [0, 0.1) is 0 Å². The minimum absolute atomic E-state index is 0.0647. The van der Waals surface area contributed by atoms with E-state index in [1.54, 1.807) is 6.20 Å². The molecule has 2 N–H and O–H groups in total. The van der Waals surface area contributed by atoms with Gasteiger partial charge >= 0.3 is 0 Å². The van der Waals surface area contributed by atoms with Gasteiger partial charge in [0.15, 0.2) is 0 Å². The number of hydrogen-bond donors (Lipinski definition) is 2. The molecule has 3 aromatic rings. The first kappa shape index (κ1) is 10.1. The molecule has 0 amide bonds. The second-order valence-corrected chi connectivity index (χ2v) is 4.07. The van der Waals surface area contributed by atoms with Crippen LogP contribution in [0.25, 0.3) is 22.2 Å². The highest BCUT2D eigenvalue weighted by molar-refractivity contribution is 5.95. The molecule has 0 fully saturated rings. The Morgan fingerprint density at radius 1 is 1.35 bits per heavy atom. The van der Waals surface area contributed by atoms with Gasteiger partial charge in [-0.2, -0.15) is 0 Å². The van der Waals surface area contributed by atoms with Crippen LogP contribution in [0.15, 0.2) is 36.7 Å². The highest BCUT2D eigenvalue weighted by atomic mass is 16.3. The highest BCUT2D eigenvalue weighted by Gasteiger charge is 2.09. The summed E-state index contributed by atoms with van der Waals surface area (Å²) in [6.07, 6.45) is 3.83. The fourth-order valence-electron chi connectivity index (χ4n) is 2.14. The Balaban J connectivity index is 2.23. The molecular formula is C13H13N3O. The zero-order valence-corrected chi connectivity index (χ0v) is 9.51. The summed E-state index contributed by atoms with van der Waals surface area (Å²) in [4.78, 5) is 7.22. The average molecular weight is 227 g/mol. The first-order chi connectivity index (χ1) is 8.29. The largest absolute Gasteiger partial charge is 0.388 e. The number of hydrogen-bond acceptors (Lipinski definition) is 2. The summed E-state index contributed by atoms with van der Waals surface area (Å²) in [6.45, 7) is -0.0647. The van der Waals surface area contributed by atoms with Gasteiger partial charge in [0.25, 0.3) is 0 Å². The van der Waals surface area contributed by atoms with E-state index in [0.717, 1.165) is 11.3 Å². The van der Waals surface area contributed by atoms with Gasteiger partial charge in [0.1, 0.15) is 12.4 Å². The van der Waals surface area contributed by atoms with Crippen LogP contribution in [-0.2, 0) is 13.7 Å². The Labute approximate surface area is 98.5 Å². The molecule has 0 saturated carbocycles. The Morgan fingerprint density at radius 3 is 2.94 bits per heavy atom. The normalized spacial score (nSPS) is 11.2. The van der Waals surface area contributed by atoms with Crippen molar-refractivity contribution in [2.75, 3.05) is 0 Å². The molecule has 0 radical (unpaired) electrons. The maximum Gasteiger partial charge on any atom is 0.132 e. The Morgan fingerprint density at radius 2 is 2.18 bits per heavy atom. The Hall–Kier alpha value is -2.07. The fraction of sp³-hybridized carbons (Fsp3) is 0.154. The van der Waals surface area contributed by atoms with Gasteiger partial charge in [-0.15, -0.1) is 0 Å². The van der Waals surface area contributed by atoms with Crippen LogP contribution in [0.1, 0.15) is 5.82 Å². The zero-order chi connectivity index (χ0) is 11.8. The van der Waals surface area contributed by atoms with Gasteiger partial charge in [0.05, 0.1) is 11.9 Å². The van der Waals surface area contributed by atoms with E-state index in [2.05, 4.69) is 32.9 Å². The van der Waals surface area contributed by atoms with Gasteiger partial charge in [-0.25, -0.2) is 4.98 Å². The number of para-hydroxylation sites is 1. The van der Waals surface area contributed by atoms with Gasteiger partial charge in [0, 0.05) is 29.7 Å². The van der Waals surface area contributed by atoms with Crippen LogP contribution in [0.3, 0.4) is 0 Å². The average Bonchev–Trinajstić information content (AvgIpc) is 2.95. The molecule has 0 saturated heterocycles. The van der Waals surface area contributed by atoms with Crippen molar-refractivity contribution in [1.82, 2.24) is 14.5 Å². The zero-order valence-electron chi connectivity index (χ0n) is 9.51. The number of nitrogens with one attached hydrogen (secondary N) is 1. The molecule has 0 unspecified atom stereocenters. The van der Waals surface area contributed by atoms with Gasteiger partial charge < -0.3 is 14.7 Å². The van der Waals surface area contributed by atoms with Gasteiger partial charge in [-0.3, -0.25) is 0 Å². The molecule has 4 nitrogen and oxygen atoms in total. The molecule has 0 atom stereocenters. The fourth-order valence-corrected chi connectivity index (χ4v) is 2.14. The topological polar surface area (TPSA) is 53.8 Å². The predicted octanol–water partition coefficient (Wildman–Crippen LogP) is 2.06. The van der Waals surface area contributed by atoms with Crippen molar-refractivity contribution in [2.45, 2.75) is 6.61 Å². The lowest BCUT2D eigenvalue weighted by atomic mass is 10.1. The van der Waals surface area contributed by atoms with E-state index < -0.39 is 0 Å². The monoisotopic (exact) mass is 227 g/mol. The van der Waals surface area contributed by atoms with Crippen molar-refractivity contribution >= 4 is 10.9 Å². The molecule has 4 heteroatoms. The number of aromatic amines is 1. The summed E-state index contributed by atoms with van der Waals surface area (Å²) in [5, 5.41) is 10.2. The standard InChI is InChI=1S/C13H13N3O/c1-16-7-10(9-4-2-3-5-12(9)16)11-6-14-13(8-17)15-11/h2-7,17H,8H2,1H3,(H,14,15). The van der Waals surface area contributed by atoms with E-state index in [4.69, 9.17) is 5.11 Å². The number of nitrogens with zero attached hydrogens (tertiary/aromatic N) is 2. The van der Waals surface area contributed by atoms with E-state index in [-0.39, 0.29) is 6.61 Å². The number of rotatable bonds is 2. The van der Waals surface area contributed by atoms with E-state index in [1.807, 2.05) is 19.2 Å². The molecule has 0 aliphatic carbocycles. The first-order valence-corrected chi connectivity index (χ1v) is 5.49. The maximum absolute atomic E-state index is 9.02. The van der Waals surface area contributed by atoms with Crippen LogP contribution in [0.2, 0.25) is 0 Å². The second kappa shape index (κ2) is 3.75. The lowest BCUT2D eigenvalue weighted by Gasteiger charge is -1.94. The van der Waals surface area contributed by atoms with Crippen molar-refractivity contribution in [2.24, 2.45) is 7.05 Å². The minimum Gasteiger partial charge on any atom is -0.388 e. The third-order valence-corrected chi connectivity index (χ3v) is 2.97. The molecule has 0 bridgehead atoms. The van der Waals surface area contributed by atoms with Crippen molar-refractivity contribution in [3.05, 3.63) is 42.5 Å². The molecule has 0 spiro atoms. The van der Waals surface area contributed by atoms with Crippen molar-refractivity contribution in [3.63, 3.8) is 0 Å². The van der Waals surface area contributed by atoms with Gasteiger partial charge in [-0.1, -0.05) is 18.2 Å². The molecule has 86 valence electrons. The maximum atomic E-state index is 9.02. The van der Waals surface area contributed by atoms with E-state index in [9.17, 15) is 0 Å². The number of aliphatic hydroxyl groups excluding tert-OH is 1. The number of imidazole rings is 1. The molecule has 17 heavy (non-hydrogen) atoms. The number of aliphatic hydroxyl groups is 1. The number of aryl methyl sites for hydroxylation is 1. The van der Waals surface area contributed by atoms with Gasteiger partial charge in [-0.05, 0) is 6.07 Å². The van der Waals surface area contributed by atoms with Crippen LogP contribution in [0.4, 0.5) is 0 Å². The predicted molar refractivity (Wildman–Crippen MR) is 66.4 cm³/mol. The van der Waals surface area contributed by atoms with E-state index >= 15 is 0 Å². The molecule has 0 aliphatic rings. The van der Waals surface area contributed by atoms with Crippen molar-refractivity contribution in [3.8, 4) is 11.3 Å². The molecule has 2 heterocycles. The van der Waals surface area contributed by atoms with E-state index in [0.29, 0.717) is 5.82 Å². The van der Waals surface area contributed by atoms with Crippen LogP contribution in [0.5, 0.6) is 0 Å². The smallest absolute Gasteiger partial charge is 0.132 e. The molecule has 3 rings (SSSR count). The van der Waals surface area contributed by atoms with Crippen molar-refractivity contribution < 1.29 is 5.11 Å². The Bertz CT molecular complexity index is 666. The summed E-state index contributed by atoms with van der Waals surface area (Å²) in [6, 6.07) is 8.22. The first-order valence-electron chi connectivity index (χ1n) is 5.49. The summed E-state index contributed by atoms with van der Waals surface area (Å²) >= 11 is 0. The van der Waals surface area contributed by atoms with Gasteiger partial charge in [0.2, 0.25) is 0 Å². The second-order valence-electron chi connectivity index (χ2n) is 4.07. The van der Waals surface area contributed by atoms with Crippen molar-refractivity contribution in [1.29, 1.82) is 0 Å². The number of benzene rings is 1. The third kappa shape index (κ3) is 1.54. The van der Waals surface area contributed by atoms with E-state index in [1.165, 1.54) is 10.9 Å². The molecule has 2 aromatic heterocycles.